The Labute approximate surface area is 80.9 Å². The highest BCUT2D eigenvalue weighted by molar-refractivity contribution is 5.37. The summed E-state index contributed by atoms with van der Waals surface area (Å²) in [5.41, 5.74) is 10.8. The SMILES string of the molecule is Nc1nc(N)nc(NC2CCOC2)n1. The van der Waals surface area contributed by atoms with E-state index in [0.29, 0.717) is 12.6 Å². The summed E-state index contributed by atoms with van der Waals surface area (Å²) in [4.78, 5) is 11.5. The lowest BCUT2D eigenvalue weighted by Crippen LogP contribution is -2.21. The van der Waals surface area contributed by atoms with E-state index in [1.807, 2.05) is 0 Å². The van der Waals surface area contributed by atoms with Crippen molar-refractivity contribution in [2.75, 3.05) is 30.0 Å². The molecular formula is C7H12N6O. The van der Waals surface area contributed by atoms with E-state index in [-0.39, 0.29) is 17.9 Å². The minimum atomic E-state index is 0.124. The summed E-state index contributed by atoms with van der Waals surface area (Å²) >= 11 is 0. The van der Waals surface area contributed by atoms with Gasteiger partial charge in [0.1, 0.15) is 0 Å². The Morgan fingerprint density at radius 2 is 1.93 bits per heavy atom. The fourth-order valence-electron chi connectivity index (χ4n) is 1.30. The molecule has 2 rings (SSSR count). The van der Waals surface area contributed by atoms with E-state index in [0.717, 1.165) is 13.0 Å². The van der Waals surface area contributed by atoms with Crippen molar-refractivity contribution >= 4 is 17.8 Å². The molecule has 14 heavy (non-hydrogen) atoms. The standard InChI is InChI=1S/C7H12N6O/c8-5-11-6(9)13-7(12-5)10-4-1-2-14-3-4/h4H,1-3H2,(H5,8,9,10,11,12,13). The van der Waals surface area contributed by atoms with Gasteiger partial charge >= 0.3 is 0 Å². The van der Waals surface area contributed by atoms with Gasteiger partial charge in [-0.25, -0.2) is 0 Å². The molecule has 2 heterocycles. The van der Waals surface area contributed by atoms with E-state index in [2.05, 4.69) is 20.3 Å². The largest absolute Gasteiger partial charge is 0.379 e. The Bertz CT molecular complexity index is 304. The second-order valence-electron chi connectivity index (χ2n) is 3.08. The summed E-state index contributed by atoms with van der Waals surface area (Å²) in [7, 11) is 0. The lowest BCUT2D eigenvalue weighted by molar-refractivity contribution is 0.195. The van der Waals surface area contributed by atoms with Crippen LogP contribution in [0.25, 0.3) is 0 Å². The third kappa shape index (κ3) is 1.99. The number of nitrogens with two attached hydrogens (primary N) is 2. The second kappa shape index (κ2) is 3.62. The van der Waals surface area contributed by atoms with Crippen LogP contribution in [0.5, 0.6) is 0 Å². The topological polar surface area (TPSA) is 112 Å². The van der Waals surface area contributed by atoms with E-state index in [9.17, 15) is 0 Å². The number of hydrogen-bond donors (Lipinski definition) is 3. The first-order valence-corrected chi connectivity index (χ1v) is 4.35. The highest BCUT2D eigenvalue weighted by atomic mass is 16.5. The van der Waals surface area contributed by atoms with Gasteiger partial charge < -0.3 is 21.5 Å². The second-order valence-corrected chi connectivity index (χ2v) is 3.08. The van der Waals surface area contributed by atoms with Crippen LogP contribution in [0.4, 0.5) is 17.8 Å². The van der Waals surface area contributed by atoms with Crippen LogP contribution >= 0.6 is 0 Å². The van der Waals surface area contributed by atoms with Crippen molar-refractivity contribution in [3.05, 3.63) is 0 Å². The molecule has 0 radical (unpaired) electrons. The summed E-state index contributed by atoms with van der Waals surface area (Å²) in [5, 5.41) is 3.08. The van der Waals surface area contributed by atoms with Crippen molar-refractivity contribution in [1.82, 2.24) is 15.0 Å². The van der Waals surface area contributed by atoms with Crippen LogP contribution in [0.2, 0.25) is 0 Å². The van der Waals surface area contributed by atoms with Crippen LogP contribution in [0.15, 0.2) is 0 Å². The zero-order valence-electron chi connectivity index (χ0n) is 7.60. The first-order chi connectivity index (χ1) is 6.74. The predicted octanol–water partition coefficient (Wildman–Crippen LogP) is -0.763. The molecule has 0 saturated carbocycles. The van der Waals surface area contributed by atoms with Crippen molar-refractivity contribution in [3.63, 3.8) is 0 Å². The lowest BCUT2D eigenvalue weighted by atomic mass is 10.3. The van der Waals surface area contributed by atoms with E-state index in [4.69, 9.17) is 16.2 Å². The van der Waals surface area contributed by atoms with E-state index in [1.54, 1.807) is 0 Å². The van der Waals surface area contributed by atoms with Crippen molar-refractivity contribution in [3.8, 4) is 0 Å². The number of nitrogen functional groups attached to an aromatic ring is 2. The fraction of sp³-hybridized carbons (Fsp3) is 0.571. The molecular weight excluding hydrogens is 184 g/mol. The lowest BCUT2D eigenvalue weighted by Gasteiger charge is -2.10. The molecule has 1 aromatic rings. The van der Waals surface area contributed by atoms with Gasteiger partial charge in [-0.05, 0) is 6.42 Å². The van der Waals surface area contributed by atoms with Gasteiger partial charge in [-0.1, -0.05) is 0 Å². The molecule has 1 fully saturated rings. The summed E-state index contributed by atoms with van der Waals surface area (Å²) in [6.45, 7) is 1.42. The molecule has 1 aromatic heterocycles. The van der Waals surface area contributed by atoms with E-state index < -0.39 is 0 Å². The van der Waals surface area contributed by atoms with Gasteiger partial charge in [-0.3, -0.25) is 0 Å². The molecule has 7 heteroatoms. The summed E-state index contributed by atoms with van der Waals surface area (Å²) in [6, 6.07) is 0.233. The average Bonchev–Trinajstić information content (AvgIpc) is 2.54. The van der Waals surface area contributed by atoms with Gasteiger partial charge in [0, 0.05) is 6.61 Å². The van der Waals surface area contributed by atoms with Crippen LogP contribution in [0.3, 0.4) is 0 Å². The number of ether oxygens (including phenoxy) is 1. The van der Waals surface area contributed by atoms with Gasteiger partial charge in [-0.15, -0.1) is 0 Å². The summed E-state index contributed by atoms with van der Waals surface area (Å²) in [5.74, 6) is 0.656. The van der Waals surface area contributed by atoms with Crippen molar-refractivity contribution in [2.45, 2.75) is 12.5 Å². The minimum Gasteiger partial charge on any atom is -0.379 e. The van der Waals surface area contributed by atoms with Gasteiger partial charge in [0.25, 0.3) is 0 Å². The number of aromatic nitrogens is 3. The smallest absolute Gasteiger partial charge is 0.229 e. The maximum absolute atomic E-state index is 5.42. The summed E-state index contributed by atoms with van der Waals surface area (Å²) < 4.78 is 5.19. The maximum Gasteiger partial charge on any atom is 0.229 e. The Morgan fingerprint density at radius 1 is 1.21 bits per heavy atom. The van der Waals surface area contributed by atoms with Crippen molar-refractivity contribution in [1.29, 1.82) is 0 Å². The Balaban J connectivity index is 2.07. The minimum absolute atomic E-state index is 0.124. The molecule has 0 aromatic carbocycles. The predicted molar refractivity (Wildman–Crippen MR) is 51.5 cm³/mol. The Morgan fingerprint density at radius 3 is 2.50 bits per heavy atom. The molecule has 1 unspecified atom stereocenters. The number of nitrogens with one attached hydrogen (secondary N) is 1. The first-order valence-electron chi connectivity index (χ1n) is 4.35. The highest BCUT2D eigenvalue weighted by Crippen LogP contribution is 2.10. The maximum atomic E-state index is 5.42. The van der Waals surface area contributed by atoms with E-state index >= 15 is 0 Å². The molecule has 7 nitrogen and oxygen atoms in total. The van der Waals surface area contributed by atoms with Crippen LogP contribution < -0.4 is 16.8 Å². The van der Waals surface area contributed by atoms with Gasteiger partial charge in [-0.2, -0.15) is 15.0 Å². The Kier molecular flexibility index (Phi) is 2.32. The molecule has 1 atom stereocenters. The zero-order valence-corrected chi connectivity index (χ0v) is 7.60. The zero-order chi connectivity index (χ0) is 9.97. The normalized spacial score (nSPS) is 21.0. The van der Waals surface area contributed by atoms with Crippen LogP contribution in [0.1, 0.15) is 6.42 Å². The molecule has 0 spiro atoms. The summed E-state index contributed by atoms with van der Waals surface area (Å²) in [6.07, 6.45) is 0.936. The van der Waals surface area contributed by atoms with Gasteiger partial charge in [0.15, 0.2) is 0 Å². The molecule has 5 N–H and O–H groups in total. The average molecular weight is 196 g/mol. The van der Waals surface area contributed by atoms with Crippen LogP contribution in [-0.2, 0) is 4.74 Å². The molecule has 1 saturated heterocycles. The first kappa shape index (κ1) is 8.95. The van der Waals surface area contributed by atoms with Crippen LogP contribution in [-0.4, -0.2) is 34.2 Å². The third-order valence-corrected chi connectivity index (χ3v) is 1.93. The number of hydrogen-bond acceptors (Lipinski definition) is 7. The number of nitrogens with zero attached hydrogens (tertiary/aromatic N) is 3. The molecule has 0 aliphatic carbocycles. The molecule has 0 bridgehead atoms. The van der Waals surface area contributed by atoms with E-state index in [1.165, 1.54) is 0 Å². The number of rotatable bonds is 2. The van der Waals surface area contributed by atoms with Gasteiger partial charge in [0.05, 0.1) is 12.6 Å². The number of anilines is 3. The molecule has 1 aliphatic rings. The third-order valence-electron chi connectivity index (χ3n) is 1.93. The molecule has 76 valence electrons. The Hall–Kier alpha value is -1.63. The quantitative estimate of drug-likeness (QED) is 0.569. The highest BCUT2D eigenvalue weighted by Gasteiger charge is 2.16. The van der Waals surface area contributed by atoms with Crippen molar-refractivity contribution in [2.24, 2.45) is 0 Å². The fourth-order valence-corrected chi connectivity index (χ4v) is 1.30. The van der Waals surface area contributed by atoms with Gasteiger partial charge in [0.2, 0.25) is 17.8 Å². The van der Waals surface area contributed by atoms with Crippen molar-refractivity contribution < 1.29 is 4.74 Å². The molecule has 1 aliphatic heterocycles. The molecule has 0 amide bonds. The monoisotopic (exact) mass is 196 g/mol. The van der Waals surface area contributed by atoms with Crippen LogP contribution in [0, 0.1) is 0 Å².